The molecule has 0 fully saturated rings. The number of aryl methyl sites for hydroxylation is 1. The Bertz CT molecular complexity index is 739. The molecule has 0 aliphatic carbocycles. The van der Waals surface area contributed by atoms with E-state index in [1.54, 1.807) is 34.5 Å². The average molecular weight is 358 g/mol. The lowest BCUT2D eigenvalue weighted by molar-refractivity contribution is 0.214. The van der Waals surface area contributed by atoms with Crippen LogP contribution in [0.1, 0.15) is 17.5 Å². The zero-order chi connectivity index (χ0) is 18.9. The zero-order valence-corrected chi connectivity index (χ0v) is 15.7. The van der Waals surface area contributed by atoms with Crippen LogP contribution in [-0.2, 0) is 6.42 Å². The maximum absolute atomic E-state index is 10.2. The zero-order valence-electron chi connectivity index (χ0n) is 15.7. The summed E-state index contributed by atoms with van der Waals surface area (Å²) >= 11 is 0. The van der Waals surface area contributed by atoms with Crippen molar-refractivity contribution in [2.24, 2.45) is 0 Å². The molecule has 0 aliphatic rings. The molecule has 26 heavy (non-hydrogen) atoms. The third-order valence-electron chi connectivity index (χ3n) is 4.10. The topological polar surface area (TPSA) is 57.2 Å². The molecule has 2 rings (SSSR count). The molecule has 1 unspecified atom stereocenters. The molecule has 0 radical (unpaired) electrons. The minimum atomic E-state index is -0.545. The summed E-state index contributed by atoms with van der Waals surface area (Å²) in [7, 11) is 6.43. The second-order valence-corrected chi connectivity index (χ2v) is 5.77. The van der Waals surface area contributed by atoms with Crippen molar-refractivity contribution >= 4 is 6.08 Å². The van der Waals surface area contributed by atoms with Gasteiger partial charge in [-0.25, -0.2) is 0 Å². The fraction of sp³-hybridized carbons (Fsp3) is 0.333. The van der Waals surface area contributed by atoms with Crippen LogP contribution in [0.4, 0.5) is 0 Å². The first-order chi connectivity index (χ1) is 12.6. The van der Waals surface area contributed by atoms with E-state index in [0.29, 0.717) is 29.4 Å². The molecule has 0 aliphatic heterocycles. The molecule has 1 atom stereocenters. The summed E-state index contributed by atoms with van der Waals surface area (Å²) in [6.45, 7) is 0. The predicted molar refractivity (Wildman–Crippen MR) is 102 cm³/mol. The van der Waals surface area contributed by atoms with E-state index >= 15 is 0 Å². The molecule has 0 saturated heterocycles. The lowest BCUT2D eigenvalue weighted by Crippen LogP contribution is -2.04. The molecular weight excluding hydrogens is 332 g/mol. The summed E-state index contributed by atoms with van der Waals surface area (Å²) < 4.78 is 21.0. The van der Waals surface area contributed by atoms with Crippen LogP contribution < -0.4 is 18.9 Å². The van der Waals surface area contributed by atoms with E-state index in [2.05, 4.69) is 0 Å². The number of benzene rings is 2. The minimum Gasteiger partial charge on any atom is -0.493 e. The van der Waals surface area contributed by atoms with E-state index in [4.69, 9.17) is 18.9 Å². The maximum atomic E-state index is 10.2. The summed E-state index contributed by atoms with van der Waals surface area (Å²) in [6.07, 6.45) is 4.46. The molecule has 0 spiro atoms. The Morgan fingerprint density at radius 1 is 0.808 bits per heavy atom. The SMILES string of the molecule is COc1ccc(/C=C/C(O)CCc2ccc(OC)c(OC)c2)cc1OC. The molecular formula is C21H26O5. The van der Waals surface area contributed by atoms with Gasteiger partial charge < -0.3 is 24.1 Å². The van der Waals surface area contributed by atoms with Gasteiger partial charge in [0.25, 0.3) is 0 Å². The third kappa shape index (κ3) is 5.17. The van der Waals surface area contributed by atoms with Crippen molar-refractivity contribution in [1.29, 1.82) is 0 Å². The molecule has 0 bridgehead atoms. The first-order valence-electron chi connectivity index (χ1n) is 8.40. The smallest absolute Gasteiger partial charge is 0.161 e. The fourth-order valence-corrected chi connectivity index (χ4v) is 2.63. The van der Waals surface area contributed by atoms with Crippen LogP contribution in [0.25, 0.3) is 6.08 Å². The summed E-state index contributed by atoms with van der Waals surface area (Å²) in [5, 5.41) is 10.2. The highest BCUT2D eigenvalue weighted by atomic mass is 16.5. The highest BCUT2D eigenvalue weighted by Gasteiger charge is 2.07. The predicted octanol–water partition coefficient (Wildman–Crippen LogP) is 3.73. The average Bonchev–Trinajstić information content (AvgIpc) is 2.69. The Hall–Kier alpha value is -2.66. The summed E-state index contributed by atoms with van der Waals surface area (Å²) in [6, 6.07) is 11.4. The summed E-state index contributed by atoms with van der Waals surface area (Å²) in [5.41, 5.74) is 2.02. The van der Waals surface area contributed by atoms with Gasteiger partial charge in [-0.1, -0.05) is 24.3 Å². The maximum Gasteiger partial charge on any atom is 0.161 e. The van der Waals surface area contributed by atoms with Crippen molar-refractivity contribution in [3.63, 3.8) is 0 Å². The molecule has 0 amide bonds. The molecule has 5 nitrogen and oxygen atoms in total. The van der Waals surface area contributed by atoms with E-state index in [1.165, 1.54) is 0 Å². The van der Waals surface area contributed by atoms with Gasteiger partial charge in [-0.15, -0.1) is 0 Å². The van der Waals surface area contributed by atoms with Crippen LogP contribution in [0.5, 0.6) is 23.0 Å². The number of aliphatic hydroxyl groups is 1. The van der Waals surface area contributed by atoms with Gasteiger partial charge in [0.05, 0.1) is 34.5 Å². The van der Waals surface area contributed by atoms with Crippen LogP contribution in [-0.4, -0.2) is 39.6 Å². The molecule has 0 aromatic heterocycles. The van der Waals surface area contributed by atoms with Gasteiger partial charge in [0, 0.05) is 0 Å². The van der Waals surface area contributed by atoms with Crippen LogP contribution in [0, 0.1) is 0 Å². The Balaban J connectivity index is 1.96. The van der Waals surface area contributed by atoms with E-state index in [-0.39, 0.29) is 0 Å². The number of hydrogen-bond donors (Lipinski definition) is 1. The number of ether oxygens (including phenoxy) is 4. The van der Waals surface area contributed by atoms with E-state index < -0.39 is 6.10 Å². The Morgan fingerprint density at radius 3 is 2.00 bits per heavy atom. The monoisotopic (exact) mass is 358 g/mol. The second-order valence-electron chi connectivity index (χ2n) is 5.77. The van der Waals surface area contributed by atoms with E-state index in [9.17, 15) is 5.11 Å². The lowest BCUT2D eigenvalue weighted by Gasteiger charge is -2.11. The highest BCUT2D eigenvalue weighted by molar-refractivity contribution is 5.56. The molecule has 0 saturated carbocycles. The van der Waals surface area contributed by atoms with Crippen LogP contribution in [0.2, 0.25) is 0 Å². The number of aliphatic hydroxyl groups excluding tert-OH is 1. The molecule has 1 N–H and O–H groups in total. The summed E-state index contributed by atoms with van der Waals surface area (Å²) in [5.74, 6) is 2.73. The quantitative estimate of drug-likeness (QED) is 0.740. The number of hydrogen-bond acceptors (Lipinski definition) is 5. The molecule has 140 valence electrons. The molecule has 0 heterocycles. The Kier molecular flexibility index (Phi) is 7.36. The van der Waals surface area contributed by atoms with Gasteiger partial charge in [0.1, 0.15) is 0 Å². The lowest BCUT2D eigenvalue weighted by atomic mass is 10.0. The van der Waals surface area contributed by atoms with Crippen LogP contribution in [0.15, 0.2) is 42.5 Å². The van der Waals surface area contributed by atoms with E-state index in [0.717, 1.165) is 17.5 Å². The van der Waals surface area contributed by atoms with Crippen molar-refractivity contribution in [3.8, 4) is 23.0 Å². The van der Waals surface area contributed by atoms with Crippen molar-refractivity contribution in [2.75, 3.05) is 28.4 Å². The molecule has 2 aromatic carbocycles. The molecule has 2 aromatic rings. The fourth-order valence-electron chi connectivity index (χ4n) is 2.63. The minimum absolute atomic E-state index is 0.545. The first-order valence-corrected chi connectivity index (χ1v) is 8.40. The first kappa shape index (κ1) is 19.7. The van der Waals surface area contributed by atoms with Crippen molar-refractivity contribution in [2.45, 2.75) is 18.9 Å². The Morgan fingerprint density at radius 2 is 1.38 bits per heavy atom. The van der Waals surface area contributed by atoms with Crippen molar-refractivity contribution in [3.05, 3.63) is 53.6 Å². The number of rotatable bonds is 9. The van der Waals surface area contributed by atoms with E-state index in [1.807, 2.05) is 42.5 Å². The third-order valence-corrected chi connectivity index (χ3v) is 4.10. The second kappa shape index (κ2) is 9.73. The van der Waals surface area contributed by atoms with Crippen molar-refractivity contribution < 1.29 is 24.1 Å². The normalized spacial score (nSPS) is 12.0. The number of methoxy groups -OCH3 is 4. The van der Waals surface area contributed by atoms with Crippen LogP contribution >= 0.6 is 0 Å². The van der Waals surface area contributed by atoms with Gasteiger partial charge in [0.15, 0.2) is 23.0 Å². The highest BCUT2D eigenvalue weighted by Crippen LogP contribution is 2.29. The van der Waals surface area contributed by atoms with Gasteiger partial charge in [-0.2, -0.15) is 0 Å². The van der Waals surface area contributed by atoms with Gasteiger partial charge >= 0.3 is 0 Å². The standard InChI is InChI=1S/C21H26O5/c1-23-18-11-7-15(13-20(18)25-3)5-9-17(22)10-6-16-8-12-19(24-2)21(14-16)26-4/h5,7-9,11-14,17,22H,6,10H2,1-4H3/b9-5+. The van der Waals surface area contributed by atoms with Gasteiger partial charge in [-0.05, 0) is 48.2 Å². The van der Waals surface area contributed by atoms with Crippen molar-refractivity contribution in [1.82, 2.24) is 0 Å². The Labute approximate surface area is 154 Å². The largest absolute Gasteiger partial charge is 0.493 e. The van der Waals surface area contributed by atoms with Gasteiger partial charge in [-0.3, -0.25) is 0 Å². The molecule has 5 heteroatoms. The van der Waals surface area contributed by atoms with Gasteiger partial charge in [0.2, 0.25) is 0 Å². The van der Waals surface area contributed by atoms with Crippen LogP contribution in [0.3, 0.4) is 0 Å². The summed E-state index contributed by atoms with van der Waals surface area (Å²) in [4.78, 5) is 0.